The average Bonchev–Trinajstić information content (AvgIpc) is 3.36. The van der Waals surface area contributed by atoms with E-state index >= 15 is 0 Å². The van der Waals surface area contributed by atoms with Crippen molar-refractivity contribution in [2.75, 3.05) is 0 Å². The number of aromatic nitrogens is 2. The van der Waals surface area contributed by atoms with Crippen LogP contribution < -0.4 is 4.57 Å². The third kappa shape index (κ3) is 2.04. The fourth-order valence-corrected chi connectivity index (χ4v) is 5.18. The first-order valence-electron chi connectivity index (χ1n) is 10.2. The minimum Gasteiger partial charge on any atom is -0.437 e. The summed E-state index contributed by atoms with van der Waals surface area (Å²) in [5.74, 6) is 0. The van der Waals surface area contributed by atoms with Crippen molar-refractivity contribution in [2.45, 2.75) is 51.2 Å². The third-order valence-corrected chi connectivity index (χ3v) is 6.75. The number of furan rings is 1. The molecule has 1 atom stereocenters. The molecule has 1 aromatic carbocycles. The van der Waals surface area contributed by atoms with Crippen molar-refractivity contribution in [3.05, 3.63) is 59.4 Å². The van der Waals surface area contributed by atoms with E-state index in [4.69, 9.17) is 4.42 Å². The Hall–Kier alpha value is -2.72. The minimum absolute atomic E-state index is 0.240. The van der Waals surface area contributed by atoms with Gasteiger partial charge < -0.3 is 9.52 Å². The van der Waals surface area contributed by atoms with Gasteiger partial charge in [-0.3, -0.25) is 0 Å². The van der Waals surface area contributed by atoms with Gasteiger partial charge in [-0.05, 0) is 43.5 Å². The van der Waals surface area contributed by atoms with Gasteiger partial charge in [0.25, 0.3) is 0 Å². The molecule has 4 heteroatoms. The maximum atomic E-state index is 11.1. The zero-order chi connectivity index (χ0) is 19.0. The van der Waals surface area contributed by atoms with E-state index in [1.54, 1.807) is 0 Å². The fourth-order valence-electron chi connectivity index (χ4n) is 5.18. The summed E-state index contributed by atoms with van der Waals surface area (Å²) >= 11 is 0. The molecule has 0 radical (unpaired) electrons. The van der Waals surface area contributed by atoms with Gasteiger partial charge in [0.1, 0.15) is 0 Å². The molecule has 1 N–H and O–H groups in total. The van der Waals surface area contributed by atoms with Gasteiger partial charge in [0.05, 0.1) is 11.2 Å². The van der Waals surface area contributed by atoms with Crippen molar-refractivity contribution in [3.63, 3.8) is 0 Å². The van der Waals surface area contributed by atoms with Gasteiger partial charge in [-0.25, -0.2) is 4.98 Å². The summed E-state index contributed by atoms with van der Waals surface area (Å²) < 4.78 is 8.57. The Bertz CT molecular complexity index is 1260. The van der Waals surface area contributed by atoms with E-state index in [9.17, 15) is 5.11 Å². The average molecular weight is 371 g/mol. The lowest BCUT2D eigenvalue weighted by atomic mass is 9.91. The summed E-state index contributed by atoms with van der Waals surface area (Å²) in [5, 5.41) is 13.3. The van der Waals surface area contributed by atoms with Crippen LogP contribution in [0.25, 0.3) is 33.3 Å². The number of aliphatic hydroxyl groups is 1. The first-order chi connectivity index (χ1) is 13.5. The zero-order valence-electron chi connectivity index (χ0n) is 16.2. The molecule has 0 spiro atoms. The smallest absolute Gasteiger partial charge is 0.227 e. The van der Waals surface area contributed by atoms with Crippen LogP contribution in [0.1, 0.15) is 55.5 Å². The number of fused-ring (bicyclic) bond motifs is 7. The van der Waals surface area contributed by atoms with Crippen molar-refractivity contribution >= 4 is 22.1 Å². The van der Waals surface area contributed by atoms with Crippen molar-refractivity contribution < 1.29 is 14.1 Å². The molecule has 0 saturated heterocycles. The summed E-state index contributed by atoms with van der Waals surface area (Å²) in [7, 11) is 0. The Morgan fingerprint density at radius 1 is 1.11 bits per heavy atom. The highest BCUT2D eigenvalue weighted by molar-refractivity contribution is 6.09. The van der Waals surface area contributed by atoms with Crippen LogP contribution in [0, 0.1) is 6.92 Å². The van der Waals surface area contributed by atoms with Crippen LogP contribution in [-0.4, -0.2) is 10.1 Å². The van der Waals surface area contributed by atoms with Crippen LogP contribution in [0.3, 0.4) is 0 Å². The predicted molar refractivity (Wildman–Crippen MR) is 108 cm³/mol. The van der Waals surface area contributed by atoms with Gasteiger partial charge in [-0.15, -0.1) is 0 Å². The molecule has 1 aliphatic heterocycles. The van der Waals surface area contributed by atoms with Gasteiger partial charge >= 0.3 is 0 Å². The molecule has 0 bridgehead atoms. The van der Waals surface area contributed by atoms with Crippen LogP contribution in [0.2, 0.25) is 0 Å². The molecule has 1 aliphatic carbocycles. The van der Waals surface area contributed by atoms with Crippen LogP contribution >= 0.6 is 0 Å². The topological polar surface area (TPSA) is 50.1 Å². The van der Waals surface area contributed by atoms with Crippen molar-refractivity contribution in [1.29, 1.82) is 0 Å². The molecule has 4 nitrogen and oxygen atoms in total. The van der Waals surface area contributed by atoms with Crippen LogP contribution in [0.4, 0.5) is 0 Å². The van der Waals surface area contributed by atoms with E-state index < -0.39 is 5.60 Å². The number of aryl methyl sites for hydroxylation is 1. The fraction of sp³-hybridized carbons (Fsp3) is 0.333. The number of nitrogens with zero attached hydrogens (tertiary/aromatic N) is 2. The minimum atomic E-state index is -0.692. The summed E-state index contributed by atoms with van der Waals surface area (Å²) in [5.41, 5.74) is 6.42. The van der Waals surface area contributed by atoms with Gasteiger partial charge in [0.2, 0.25) is 11.4 Å². The Morgan fingerprint density at radius 3 is 2.71 bits per heavy atom. The van der Waals surface area contributed by atoms with Crippen LogP contribution in [-0.2, 0) is 5.60 Å². The number of pyridine rings is 2. The standard InChI is InChI=1S/C24H23N2O2/c1-14-5-6-19-18-8-7-17-15(2)26-12-9-16(24(27)10-3-4-11-24)13-20(26)21(17)22(18)28-23(19)25-14/h5-9,12-13,15,27H,3-4,10-11H2,1-2H3/q+1. The quantitative estimate of drug-likeness (QED) is 0.483. The predicted octanol–water partition coefficient (Wildman–Crippen LogP) is 4.93. The molecule has 0 amide bonds. The van der Waals surface area contributed by atoms with Crippen LogP contribution in [0.5, 0.6) is 0 Å². The Morgan fingerprint density at radius 2 is 1.89 bits per heavy atom. The lowest BCUT2D eigenvalue weighted by Gasteiger charge is -2.22. The second-order valence-electron chi connectivity index (χ2n) is 8.44. The van der Waals surface area contributed by atoms with Crippen molar-refractivity contribution in [1.82, 2.24) is 4.98 Å². The second kappa shape index (κ2) is 5.42. The largest absolute Gasteiger partial charge is 0.437 e. The van der Waals surface area contributed by atoms with Gasteiger partial charge in [0, 0.05) is 41.1 Å². The molecule has 4 aromatic rings. The maximum absolute atomic E-state index is 11.1. The molecule has 140 valence electrons. The number of benzene rings is 1. The lowest BCUT2D eigenvalue weighted by Crippen LogP contribution is -2.36. The summed E-state index contributed by atoms with van der Waals surface area (Å²) in [4.78, 5) is 4.59. The Balaban J connectivity index is 1.65. The first-order valence-corrected chi connectivity index (χ1v) is 10.2. The molecule has 1 unspecified atom stereocenters. The highest BCUT2D eigenvalue weighted by atomic mass is 16.3. The van der Waals surface area contributed by atoms with E-state index in [1.807, 2.05) is 13.0 Å². The van der Waals surface area contributed by atoms with Crippen molar-refractivity contribution in [3.8, 4) is 11.3 Å². The molecule has 4 heterocycles. The molecule has 28 heavy (non-hydrogen) atoms. The van der Waals surface area contributed by atoms with Crippen LogP contribution in [0.15, 0.2) is 47.0 Å². The second-order valence-corrected chi connectivity index (χ2v) is 8.44. The SMILES string of the molecule is Cc1ccc2c(n1)oc1c3c(ccc12)C(C)[n+]1ccc(C2(O)CCCC2)cc1-3. The highest BCUT2D eigenvalue weighted by Gasteiger charge is 2.40. The van der Waals surface area contributed by atoms with Gasteiger partial charge in [0.15, 0.2) is 17.8 Å². The maximum Gasteiger partial charge on any atom is 0.227 e. The Kier molecular flexibility index (Phi) is 3.15. The van der Waals surface area contributed by atoms with E-state index in [-0.39, 0.29) is 6.04 Å². The summed E-state index contributed by atoms with van der Waals surface area (Å²) in [6.45, 7) is 4.20. The van der Waals surface area contributed by atoms with Gasteiger partial charge in [-0.2, -0.15) is 4.57 Å². The molecule has 1 saturated carbocycles. The molecular formula is C24H23N2O2+. The summed E-state index contributed by atoms with van der Waals surface area (Å²) in [6.07, 6.45) is 6.00. The van der Waals surface area contributed by atoms with Crippen molar-refractivity contribution in [2.24, 2.45) is 0 Å². The molecule has 1 fully saturated rings. The zero-order valence-corrected chi connectivity index (χ0v) is 16.2. The number of rotatable bonds is 1. The highest BCUT2D eigenvalue weighted by Crippen LogP contribution is 2.44. The monoisotopic (exact) mass is 371 g/mol. The molecule has 6 rings (SSSR count). The Labute approximate surface area is 163 Å². The van der Waals surface area contributed by atoms with E-state index in [0.717, 1.165) is 64.6 Å². The number of hydrogen-bond acceptors (Lipinski definition) is 3. The molecule has 2 aliphatic rings. The van der Waals surface area contributed by atoms with E-state index in [2.05, 4.69) is 53.0 Å². The van der Waals surface area contributed by atoms with Gasteiger partial charge in [-0.1, -0.05) is 18.9 Å². The van der Waals surface area contributed by atoms with E-state index in [0.29, 0.717) is 5.71 Å². The van der Waals surface area contributed by atoms with E-state index in [1.165, 1.54) is 5.56 Å². The first kappa shape index (κ1) is 16.3. The third-order valence-electron chi connectivity index (χ3n) is 6.75. The summed E-state index contributed by atoms with van der Waals surface area (Å²) in [6, 6.07) is 13.0. The lowest BCUT2D eigenvalue weighted by molar-refractivity contribution is -0.694. The molecular weight excluding hydrogens is 348 g/mol. The normalized spacial score (nSPS) is 20.0. The molecule has 3 aromatic heterocycles. The number of hydrogen-bond donors (Lipinski definition) is 1.